The Bertz CT molecular complexity index is 182. The highest BCUT2D eigenvalue weighted by atomic mass is 32.1. The number of rotatable bonds is 4. The summed E-state index contributed by atoms with van der Waals surface area (Å²) in [4.78, 5) is 3.85. The van der Waals surface area contributed by atoms with Crippen molar-refractivity contribution in [1.29, 1.82) is 5.26 Å². The fourth-order valence-electron chi connectivity index (χ4n) is 0.471. The molecule has 0 spiro atoms. The van der Waals surface area contributed by atoms with Crippen molar-refractivity contribution < 1.29 is 0 Å². The molecule has 0 aromatic heterocycles. The van der Waals surface area contributed by atoms with Crippen molar-refractivity contribution in [2.75, 3.05) is 6.54 Å². The van der Waals surface area contributed by atoms with Gasteiger partial charge in [-0.3, -0.25) is 10.3 Å². The topological polar surface area (TPSA) is 74.2 Å². The number of guanidine groups is 1. The van der Waals surface area contributed by atoms with Gasteiger partial charge in [-0.1, -0.05) is 12.2 Å². The summed E-state index contributed by atoms with van der Waals surface area (Å²) in [5.74, 6) is 0.164. The van der Waals surface area contributed by atoms with Gasteiger partial charge in [-0.05, 0) is 18.2 Å². The lowest BCUT2D eigenvalue weighted by Crippen LogP contribution is -2.27. The van der Waals surface area contributed by atoms with E-state index in [-0.39, 0.29) is 5.96 Å². The molecule has 0 heterocycles. The Hall–Kier alpha value is -1.15. The highest BCUT2D eigenvalue weighted by Gasteiger charge is 1.86. The molecule has 60 valence electrons. The summed E-state index contributed by atoms with van der Waals surface area (Å²) in [5, 5.41) is 12.0. The Morgan fingerprint density at radius 2 is 2.55 bits per heavy atom. The second-order valence-electron chi connectivity index (χ2n) is 1.81. The van der Waals surface area contributed by atoms with Gasteiger partial charge in [0.1, 0.15) is 0 Å². The highest BCUT2D eigenvalue weighted by Crippen LogP contribution is 1.85. The number of hydrogen-bond donors (Lipinski definition) is 2. The molecule has 0 aliphatic carbocycles. The predicted molar refractivity (Wildman–Crippen MR) is 48.1 cm³/mol. The van der Waals surface area contributed by atoms with Crippen LogP contribution in [0, 0.1) is 11.5 Å². The zero-order chi connectivity index (χ0) is 8.53. The van der Waals surface area contributed by atoms with Gasteiger partial charge in [0, 0.05) is 6.54 Å². The monoisotopic (exact) mass is 170 g/mol. The molecule has 0 aliphatic rings. The van der Waals surface area contributed by atoms with Gasteiger partial charge >= 0.3 is 0 Å². The van der Waals surface area contributed by atoms with Crippen LogP contribution in [0.3, 0.4) is 0 Å². The third kappa shape index (κ3) is 6.74. The van der Waals surface area contributed by atoms with E-state index in [1.54, 1.807) is 11.6 Å². The number of nitrogens with zero attached hydrogens (tertiary/aromatic N) is 2. The maximum Gasteiger partial charge on any atom is 0.202 e. The third-order valence-electron chi connectivity index (χ3n) is 0.946. The molecule has 3 N–H and O–H groups in total. The highest BCUT2D eigenvalue weighted by molar-refractivity contribution is 7.78. The van der Waals surface area contributed by atoms with Gasteiger partial charge in [0.15, 0.2) is 6.19 Å². The molecule has 0 aromatic rings. The minimum absolute atomic E-state index is 0.164. The van der Waals surface area contributed by atoms with Crippen molar-refractivity contribution in [3.8, 4) is 6.19 Å². The van der Waals surface area contributed by atoms with Gasteiger partial charge in [-0.15, -0.1) is 0 Å². The lowest BCUT2D eigenvalue weighted by Gasteiger charge is -1.94. The Morgan fingerprint density at radius 3 is 3.09 bits per heavy atom. The van der Waals surface area contributed by atoms with E-state index in [2.05, 4.69) is 22.5 Å². The van der Waals surface area contributed by atoms with Crippen molar-refractivity contribution >= 4 is 23.5 Å². The number of unbranched alkanes of at least 4 members (excludes halogenated alkanes) is 1. The van der Waals surface area contributed by atoms with Gasteiger partial charge in [0.25, 0.3) is 0 Å². The molecule has 0 aromatic carbocycles. The number of nitriles is 1. The largest absolute Gasteiger partial charge is 0.369 e. The molecule has 11 heavy (non-hydrogen) atoms. The molecule has 0 aliphatic heterocycles. The molecule has 0 atom stereocenters. The van der Waals surface area contributed by atoms with Crippen molar-refractivity contribution in [2.45, 2.75) is 12.8 Å². The second-order valence-corrected chi connectivity index (χ2v) is 2.15. The minimum Gasteiger partial charge on any atom is -0.369 e. The van der Waals surface area contributed by atoms with E-state index in [4.69, 9.17) is 11.0 Å². The molecule has 0 rings (SSSR count). The van der Waals surface area contributed by atoms with Crippen LogP contribution >= 0.6 is 12.2 Å². The summed E-state index contributed by atoms with van der Waals surface area (Å²) in [6.45, 7) is 0.605. The zero-order valence-electron chi connectivity index (χ0n) is 6.08. The summed E-state index contributed by atoms with van der Waals surface area (Å²) in [5.41, 5.74) is 5.25. The quantitative estimate of drug-likeness (QED) is 0.157. The van der Waals surface area contributed by atoms with Crippen molar-refractivity contribution in [3.05, 3.63) is 0 Å². The van der Waals surface area contributed by atoms with E-state index in [9.17, 15) is 0 Å². The van der Waals surface area contributed by atoms with E-state index >= 15 is 0 Å². The first-order valence-corrected chi connectivity index (χ1v) is 3.67. The molecule has 0 saturated heterocycles. The molecule has 0 bridgehead atoms. The Balaban J connectivity index is 3.41. The molecule has 0 amide bonds. The maximum absolute atomic E-state index is 8.09. The van der Waals surface area contributed by atoms with Crippen LogP contribution in [0.5, 0.6) is 0 Å². The van der Waals surface area contributed by atoms with Crippen LogP contribution in [-0.4, -0.2) is 17.9 Å². The van der Waals surface area contributed by atoms with E-state index < -0.39 is 0 Å². The number of aliphatic imine (C=N–C) groups is 1. The first-order valence-electron chi connectivity index (χ1n) is 3.20. The van der Waals surface area contributed by atoms with E-state index in [1.807, 2.05) is 0 Å². The molecule has 0 radical (unpaired) electrons. The molecular formula is C6H10N4S. The Morgan fingerprint density at radius 1 is 1.82 bits per heavy atom. The fraction of sp³-hybridized carbons (Fsp3) is 0.500. The molecular weight excluding hydrogens is 160 g/mol. The summed E-state index contributed by atoms with van der Waals surface area (Å²) < 4.78 is 0. The smallest absolute Gasteiger partial charge is 0.202 e. The minimum atomic E-state index is 0.164. The van der Waals surface area contributed by atoms with Crippen LogP contribution in [0.4, 0.5) is 0 Å². The fourth-order valence-corrected chi connectivity index (χ4v) is 0.638. The first kappa shape index (κ1) is 9.85. The summed E-state index contributed by atoms with van der Waals surface area (Å²) >= 11 is 4.61. The van der Waals surface area contributed by atoms with Gasteiger partial charge in [-0.2, -0.15) is 5.26 Å². The van der Waals surface area contributed by atoms with E-state index in [1.165, 1.54) is 0 Å². The number of nitrogens with two attached hydrogens (primary N) is 1. The van der Waals surface area contributed by atoms with Crippen LogP contribution in [-0.2, 0) is 0 Å². The second kappa shape index (κ2) is 6.96. The number of nitrogens with one attached hydrogen (secondary N) is 1. The Kier molecular flexibility index (Phi) is 6.24. The first-order chi connectivity index (χ1) is 5.31. The summed E-state index contributed by atoms with van der Waals surface area (Å²) in [6, 6.07) is 0. The molecule has 4 nitrogen and oxygen atoms in total. The number of hydrogen-bond acceptors (Lipinski definition) is 3. The van der Waals surface area contributed by atoms with Crippen LogP contribution < -0.4 is 11.1 Å². The molecule has 0 unspecified atom stereocenters. The van der Waals surface area contributed by atoms with Crippen molar-refractivity contribution in [1.82, 2.24) is 5.32 Å². The normalized spacial score (nSPS) is 10.3. The summed E-state index contributed by atoms with van der Waals surface area (Å²) in [6.07, 6.45) is 3.39. The zero-order valence-corrected chi connectivity index (χ0v) is 6.90. The molecule has 0 saturated carbocycles. The third-order valence-corrected chi connectivity index (χ3v) is 1.18. The lowest BCUT2D eigenvalue weighted by atomic mass is 10.3. The van der Waals surface area contributed by atoms with Gasteiger partial charge < -0.3 is 5.73 Å². The predicted octanol–water partition coefficient (Wildman–Crippen LogP) is 0.152. The average Bonchev–Trinajstić information content (AvgIpc) is 1.99. The van der Waals surface area contributed by atoms with Crippen LogP contribution in [0.1, 0.15) is 12.8 Å². The molecule has 0 fully saturated rings. The average molecular weight is 170 g/mol. The molecule has 5 heteroatoms. The van der Waals surface area contributed by atoms with Crippen LogP contribution in [0.2, 0.25) is 0 Å². The van der Waals surface area contributed by atoms with E-state index in [0.29, 0.717) is 6.54 Å². The van der Waals surface area contributed by atoms with Gasteiger partial charge in [0.05, 0.1) is 0 Å². The lowest BCUT2D eigenvalue weighted by molar-refractivity contribution is 0.882. The van der Waals surface area contributed by atoms with Crippen molar-refractivity contribution in [3.63, 3.8) is 0 Å². The SMILES string of the molecule is N#CNC(N)=NCCCC=S. The number of thiocarbonyl (C=S) groups is 1. The van der Waals surface area contributed by atoms with Crippen LogP contribution in [0.25, 0.3) is 0 Å². The standard InChI is InChI=1S/C6H10N4S/c7-5-10-6(8)9-3-1-2-4-11/h4H,1-3H2,(H3,8,9,10). The van der Waals surface area contributed by atoms with Crippen molar-refractivity contribution in [2.24, 2.45) is 10.7 Å². The maximum atomic E-state index is 8.09. The van der Waals surface area contributed by atoms with Gasteiger partial charge in [0.2, 0.25) is 5.96 Å². The Labute approximate surface area is 71.1 Å². The van der Waals surface area contributed by atoms with Gasteiger partial charge in [-0.25, -0.2) is 0 Å². The summed E-state index contributed by atoms with van der Waals surface area (Å²) in [7, 11) is 0. The van der Waals surface area contributed by atoms with Crippen LogP contribution in [0.15, 0.2) is 4.99 Å². The van der Waals surface area contributed by atoms with E-state index in [0.717, 1.165) is 12.8 Å².